The molecule has 0 amide bonds. The molecule has 110 valence electrons. The Kier molecular flexibility index (Phi) is 4.50. The van der Waals surface area contributed by atoms with E-state index in [1.807, 2.05) is 12.1 Å². The minimum absolute atomic E-state index is 0.219. The van der Waals surface area contributed by atoms with Crippen molar-refractivity contribution in [3.8, 4) is 5.75 Å². The van der Waals surface area contributed by atoms with Crippen molar-refractivity contribution in [3.63, 3.8) is 0 Å². The van der Waals surface area contributed by atoms with E-state index >= 15 is 0 Å². The van der Waals surface area contributed by atoms with Gasteiger partial charge in [-0.15, -0.1) is 0 Å². The molecule has 0 saturated heterocycles. The Bertz CT molecular complexity index is 771. The van der Waals surface area contributed by atoms with E-state index in [1.54, 1.807) is 24.3 Å². The average Bonchev–Trinajstić information content (AvgIpc) is 2.42. The van der Waals surface area contributed by atoms with Gasteiger partial charge in [0.1, 0.15) is 5.75 Å². The van der Waals surface area contributed by atoms with Crippen molar-refractivity contribution in [1.29, 1.82) is 0 Å². The third-order valence-electron chi connectivity index (χ3n) is 2.63. The summed E-state index contributed by atoms with van der Waals surface area (Å²) in [4.78, 5) is 0. The highest BCUT2D eigenvalue weighted by Gasteiger charge is 2.11. The minimum Gasteiger partial charge on any atom is -0.383 e. The fraction of sp³-hybridized carbons (Fsp3) is 0.0714. The van der Waals surface area contributed by atoms with E-state index in [2.05, 4.69) is 5.10 Å². The highest BCUT2D eigenvalue weighted by Crippen LogP contribution is 2.21. The van der Waals surface area contributed by atoms with Gasteiger partial charge in [0, 0.05) is 11.1 Å². The zero-order valence-electron chi connectivity index (χ0n) is 11.2. The molecule has 0 fully saturated rings. The molecule has 2 N–H and O–H groups in total. The Morgan fingerprint density at radius 1 is 1.14 bits per heavy atom. The molecule has 2 aromatic carbocycles. The maximum Gasteiger partial charge on any atom is 0.306 e. The highest BCUT2D eigenvalue weighted by molar-refractivity contribution is 7.86. The van der Waals surface area contributed by atoms with Gasteiger partial charge in [0.15, 0.2) is 0 Å². The summed E-state index contributed by atoms with van der Waals surface area (Å²) in [5.74, 6) is 5.67. The molecule has 0 aliphatic heterocycles. The van der Waals surface area contributed by atoms with Crippen molar-refractivity contribution in [1.82, 2.24) is 0 Å². The van der Waals surface area contributed by atoms with Gasteiger partial charge in [0.25, 0.3) is 0 Å². The van der Waals surface area contributed by atoms with E-state index in [9.17, 15) is 8.42 Å². The first-order valence-corrected chi connectivity index (χ1v) is 8.13. The predicted octanol–water partition coefficient (Wildman–Crippen LogP) is 2.39. The summed E-state index contributed by atoms with van der Waals surface area (Å²) in [6.07, 6.45) is 0.984. The molecule has 0 heterocycles. The first kappa shape index (κ1) is 15.3. The van der Waals surface area contributed by atoms with Crippen molar-refractivity contribution in [2.75, 3.05) is 6.26 Å². The topological polar surface area (TPSA) is 81.8 Å². The largest absolute Gasteiger partial charge is 0.383 e. The van der Waals surface area contributed by atoms with Gasteiger partial charge in [-0.3, -0.25) is 0 Å². The molecule has 0 saturated carbocycles. The fourth-order valence-electron chi connectivity index (χ4n) is 1.80. The molecule has 5 nitrogen and oxygen atoms in total. The number of nitrogens with two attached hydrogens (primary N) is 1. The molecule has 7 heteroatoms. The van der Waals surface area contributed by atoms with Crippen LogP contribution >= 0.6 is 11.6 Å². The lowest BCUT2D eigenvalue weighted by Crippen LogP contribution is -2.08. The molecule has 0 unspecified atom stereocenters. The lowest BCUT2D eigenvalue weighted by Gasteiger charge is -2.09. The summed E-state index contributed by atoms with van der Waals surface area (Å²) in [5, 5.41) is 4.29. The molecule has 2 aromatic rings. The Morgan fingerprint density at radius 2 is 1.76 bits per heavy atom. The molecular formula is C14H13ClN2O3S. The van der Waals surface area contributed by atoms with Crippen LogP contribution in [0.15, 0.2) is 53.6 Å². The molecule has 0 aliphatic rings. The molecule has 0 atom stereocenters. The Hall–Kier alpha value is -2.05. The monoisotopic (exact) mass is 324 g/mol. The normalized spacial score (nSPS) is 12.2. The van der Waals surface area contributed by atoms with Gasteiger partial charge in [0.2, 0.25) is 0 Å². The second-order valence-electron chi connectivity index (χ2n) is 4.27. The van der Waals surface area contributed by atoms with E-state index in [-0.39, 0.29) is 5.75 Å². The first-order valence-electron chi connectivity index (χ1n) is 5.93. The Labute approximate surface area is 128 Å². The van der Waals surface area contributed by atoms with E-state index in [0.29, 0.717) is 21.9 Å². The zero-order valence-corrected chi connectivity index (χ0v) is 12.7. The SMILES string of the molecule is CS(=O)(=O)Oc1ccc(C(=NN)c2ccccc2Cl)cc1. The van der Waals surface area contributed by atoms with Crippen LogP contribution in [0.4, 0.5) is 0 Å². The first-order chi connectivity index (χ1) is 9.90. The number of hydrogen-bond acceptors (Lipinski definition) is 5. The third-order valence-corrected chi connectivity index (χ3v) is 3.46. The van der Waals surface area contributed by atoms with Crippen molar-refractivity contribution in [2.24, 2.45) is 10.9 Å². The summed E-state index contributed by atoms with van der Waals surface area (Å²) in [6, 6.07) is 13.6. The van der Waals surface area contributed by atoms with Crippen LogP contribution in [-0.4, -0.2) is 20.4 Å². The minimum atomic E-state index is -3.55. The maximum atomic E-state index is 11.1. The van der Waals surface area contributed by atoms with Gasteiger partial charge in [-0.05, 0) is 30.3 Å². The number of rotatable bonds is 4. The maximum absolute atomic E-state index is 11.1. The molecule has 0 bridgehead atoms. The number of nitrogens with zero attached hydrogens (tertiary/aromatic N) is 1. The van der Waals surface area contributed by atoms with Crippen molar-refractivity contribution < 1.29 is 12.6 Å². The lowest BCUT2D eigenvalue weighted by atomic mass is 10.0. The summed E-state index contributed by atoms with van der Waals surface area (Å²) in [6.45, 7) is 0. The van der Waals surface area contributed by atoms with E-state index in [4.69, 9.17) is 21.6 Å². The predicted molar refractivity (Wildman–Crippen MR) is 83.2 cm³/mol. The van der Waals surface area contributed by atoms with Crippen molar-refractivity contribution >= 4 is 27.4 Å². The van der Waals surface area contributed by atoms with E-state index < -0.39 is 10.1 Å². The van der Waals surface area contributed by atoms with Crippen LogP contribution < -0.4 is 10.0 Å². The van der Waals surface area contributed by atoms with Crippen LogP contribution in [0.25, 0.3) is 0 Å². The molecular weight excluding hydrogens is 312 g/mol. The van der Waals surface area contributed by atoms with Gasteiger partial charge >= 0.3 is 10.1 Å². The fourth-order valence-corrected chi connectivity index (χ4v) is 2.48. The van der Waals surface area contributed by atoms with Crippen LogP contribution in [0.1, 0.15) is 11.1 Å². The third kappa shape index (κ3) is 3.96. The van der Waals surface area contributed by atoms with Crippen molar-refractivity contribution in [3.05, 3.63) is 64.7 Å². The highest BCUT2D eigenvalue weighted by atomic mass is 35.5. The van der Waals surface area contributed by atoms with Crippen LogP contribution in [0.5, 0.6) is 5.75 Å². The molecule has 0 aromatic heterocycles. The van der Waals surface area contributed by atoms with E-state index in [0.717, 1.165) is 6.26 Å². The van der Waals surface area contributed by atoms with Crippen LogP contribution in [0, 0.1) is 0 Å². The smallest absolute Gasteiger partial charge is 0.306 e. The molecule has 0 radical (unpaired) electrons. The second-order valence-corrected chi connectivity index (χ2v) is 6.25. The zero-order chi connectivity index (χ0) is 15.5. The molecule has 0 aliphatic carbocycles. The Morgan fingerprint density at radius 3 is 2.29 bits per heavy atom. The molecule has 0 spiro atoms. The standard InChI is InChI=1S/C14H13ClN2O3S/c1-21(18,19)20-11-8-6-10(7-9-11)14(17-16)12-4-2-3-5-13(12)15/h2-9H,16H2,1H3. The molecule has 21 heavy (non-hydrogen) atoms. The van der Waals surface area contributed by atoms with Crippen molar-refractivity contribution in [2.45, 2.75) is 0 Å². The summed E-state index contributed by atoms with van der Waals surface area (Å²) >= 11 is 6.13. The van der Waals surface area contributed by atoms with Gasteiger partial charge in [-0.1, -0.05) is 29.8 Å². The number of halogens is 1. The van der Waals surface area contributed by atoms with Gasteiger partial charge in [-0.2, -0.15) is 13.5 Å². The van der Waals surface area contributed by atoms with Crippen LogP contribution in [0.3, 0.4) is 0 Å². The average molecular weight is 325 g/mol. The van der Waals surface area contributed by atoms with Gasteiger partial charge < -0.3 is 10.0 Å². The van der Waals surface area contributed by atoms with E-state index in [1.165, 1.54) is 12.1 Å². The van der Waals surface area contributed by atoms with Crippen LogP contribution in [-0.2, 0) is 10.1 Å². The van der Waals surface area contributed by atoms with Gasteiger partial charge in [0.05, 0.1) is 17.0 Å². The van der Waals surface area contributed by atoms with Gasteiger partial charge in [-0.25, -0.2) is 0 Å². The number of benzene rings is 2. The quantitative estimate of drug-likeness (QED) is 0.405. The summed E-state index contributed by atoms with van der Waals surface area (Å²) < 4.78 is 26.9. The number of hydrogen-bond donors (Lipinski definition) is 1. The summed E-state index contributed by atoms with van der Waals surface area (Å²) in [5.41, 5.74) is 1.90. The molecule has 2 rings (SSSR count). The summed E-state index contributed by atoms with van der Waals surface area (Å²) in [7, 11) is -3.55. The number of hydrazone groups is 1. The lowest BCUT2D eigenvalue weighted by molar-refractivity contribution is 0.493. The Balaban J connectivity index is 2.35. The second kappa shape index (κ2) is 6.15. The van der Waals surface area contributed by atoms with Crippen LogP contribution in [0.2, 0.25) is 5.02 Å².